The zero-order chi connectivity index (χ0) is 26.7. The molecule has 3 N–H and O–H groups in total. The summed E-state index contributed by atoms with van der Waals surface area (Å²) in [5.41, 5.74) is 9.13. The average Bonchev–Trinajstić information content (AvgIpc) is 3.36. The van der Waals surface area contributed by atoms with Gasteiger partial charge >= 0.3 is 0 Å². The second kappa shape index (κ2) is 14.2. The van der Waals surface area contributed by atoms with E-state index in [1.807, 2.05) is 30.5 Å². The van der Waals surface area contributed by atoms with Crippen LogP contribution >= 0.6 is 0 Å². The van der Waals surface area contributed by atoms with E-state index in [0.29, 0.717) is 18.6 Å². The maximum absolute atomic E-state index is 6.10. The predicted molar refractivity (Wildman–Crippen MR) is 157 cm³/mol. The lowest BCUT2D eigenvalue weighted by molar-refractivity contribution is 0.254. The van der Waals surface area contributed by atoms with Crippen molar-refractivity contribution in [3.8, 4) is 11.5 Å². The smallest absolute Gasteiger partial charge is 0.229 e. The Hall–Kier alpha value is -3.30. The van der Waals surface area contributed by atoms with Gasteiger partial charge in [0.2, 0.25) is 5.95 Å². The van der Waals surface area contributed by atoms with Crippen molar-refractivity contribution in [1.29, 1.82) is 0 Å². The van der Waals surface area contributed by atoms with Gasteiger partial charge in [-0.05, 0) is 88.7 Å². The highest BCUT2D eigenvalue weighted by atomic mass is 16.5. The second-order valence-corrected chi connectivity index (χ2v) is 10.5. The lowest BCUT2D eigenvalue weighted by atomic mass is 10.1. The van der Waals surface area contributed by atoms with Gasteiger partial charge in [0.25, 0.3) is 0 Å². The molecule has 5 rings (SSSR count). The van der Waals surface area contributed by atoms with E-state index in [9.17, 15) is 0 Å². The number of ether oxygens (including phenoxy) is 2. The first-order valence-corrected chi connectivity index (χ1v) is 14.5. The van der Waals surface area contributed by atoms with Gasteiger partial charge in [0.05, 0.1) is 13.7 Å². The van der Waals surface area contributed by atoms with Crippen LogP contribution in [0.4, 0.5) is 17.5 Å². The first-order valence-electron chi connectivity index (χ1n) is 14.5. The van der Waals surface area contributed by atoms with E-state index in [1.165, 1.54) is 38.0 Å². The number of allylic oxidation sites excluding steroid dienone is 4. The molecule has 2 aromatic rings. The molecule has 2 saturated heterocycles. The van der Waals surface area contributed by atoms with E-state index in [1.54, 1.807) is 7.11 Å². The highest BCUT2D eigenvalue weighted by molar-refractivity contribution is 5.60. The Morgan fingerprint density at radius 1 is 1.03 bits per heavy atom. The molecule has 39 heavy (non-hydrogen) atoms. The van der Waals surface area contributed by atoms with Crippen molar-refractivity contribution in [3.05, 3.63) is 54.4 Å². The zero-order valence-electron chi connectivity index (χ0n) is 23.2. The molecule has 3 aliphatic rings. The number of aromatic nitrogens is 2. The number of hydrazine groups is 1. The number of hydrogen-bond donors (Lipinski definition) is 3. The minimum absolute atomic E-state index is 0.446. The maximum Gasteiger partial charge on any atom is 0.229 e. The Bertz CT molecular complexity index is 1110. The van der Waals surface area contributed by atoms with E-state index in [2.05, 4.69) is 49.2 Å². The normalized spacial score (nSPS) is 18.5. The molecule has 210 valence electrons. The number of nitrogens with zero attached hydrogens (tertiary/aromatic N) is 4. The van der Waals surface area contributed by atoms with Gasteiger partial charge in [0.15, 0.2) is 11.5 Å². The van der Waals surface area contributed by atoms with Crippen LogP contribution in [0.2, 0.25) is 0 Å². The van der Waals surface area contributed by atoms with Crippen molar-refractivity contribution in [2.24, 2.45) is 0 Å². The number of piperidine rings is 1. The Labute approximate surface area is 232 Å². The van der Waals surface area contributed by atoms with Gasteiger partial charge in [-0.2, -0.15) is 4.98 Å². The summed E-state index contributed by atoms with van der Waals surface area (Å²) in [6.07, 6.45) is 17.6. The number of anilines is 3. The fraction of sp³-hybridized carbons (Fsp3) is 0.533. The van der Waals surface area contributed by atoms with Crippen LogP contribution in [0.25, 0.3) is 0 Å². The van der Waals surface area contributed by atoms with Crippen molar-refractivity contribution in [2.75, 3.05) is 56.7 Å². The van der Waals surface area contributed by atoms with Gasteiger partial charge in [-0.1, -0.05) is 12.2 Å². The molecule has 0 bridgehead atoms. The third-order valence-electron chi connectivity index (χ3n) is 7.64. The quantitative estimate of drug-likeness (QED) is 0.264. The molecule has 0 saturated carbocycles. The SMILES string of the molecule is COc1ccc(Nc2nccc(N3CCC(NNC4=CC=CCCC4)CC3)n2)cc1OCCCN1CCCC1. The van der Waals surface area contributed by atoms with Gasteiger partial charge in [-0.3, -0.25) is 0 Å². The highest BCUT2D eigenvalue weighted by Gasteiger charge is 2.21. The first kappa shape index (κ1) is 27.3. The summed E-state index contributed by atoms with van der Waals surface area (Å²) >= 11 is 0. The molecule has 0 atom stereocenters. The molecular weight excluding hydrogens is 490 g/mol. The third-order valence-corrected chi connectivity index (χ3v) is 7.64. The Kier molecular flexibility index (Phi) is 9.92. The van der Waals surface area contributed by atoms with E-state index in [4.69, 9.17) is 14.5 Å². The van der Waals surface area contributed by atoms with Crippen LogP contribution in [-0.4, -0.2) is 67.4 Å². The Morgan fingerprint density at radius 2 is 1.90 bits per heavy atom. The van der Waals surface area contributed by atoms with Gasteiger partial charge in [-0.25, -0.2) is 10.4 Å². The summed E-state index contributed by atoms with van der Waals surface area (Å²) in [6, 6.07) is 8.30. The number of nitrogens with one attached hydrogen (secondary N) is 3. The largest absolute Gasteiger partial charge is 0.493 e. The van der Waals surface area contributed by atoms with Crippen LogP contribution < -0.4 is 30.5 Å². The molecule has 1 aliphatic carbocycles. The van der Waals surface area contributed by atoms with Crippen molar-refractivity contribution in [3.63, 3.8) is 0 Å². The lowest BCUT2D eigenvalue weighted by Crippen LogP contribution is -2.47. The topological polar surface area (TPSA) is 86.8 Å². The van der Waals surface area contributed by atoms with Gasteiger partial charge in [-0.15, -0.1) is 0 Å². The lowest BCUT2D eigenvalue weighted by Gasteiger charge is -2.33. The molecule has 0 radical (unpaired) electrons. The van der Waals surface area contributed by atoms with Crippen molar-refractivity contribution >= 4 is 17.5 Å². The molecule has 1 aromatic heterocycles. The molecule has 9 heteroatoms. The number of hydrogen-bond acceptors (Lipinski definition) is 9. The van der Waals surface area contributed by atoms with Crippen LogP contribution in [-0.2, 0) is 0 Å². The fourth-order valence-electron chi connectivity index (χ4n) is 5.38. The number of benzene rings is 1. The Morgan fingerprint density at radius 3 is 2.74 bits per heavy atom. The van der Waals surface area contributed by atoms with Crippen LogP contribution in [0.5, 0.6) is 11.5 Å². The van der Waals surface area contributed by atoms with Crippen LogP contribution in [0, 0.1) is 0 Å². The van der Waals surface area contributed by atoms with Crippen LogP contribution in [0.3, 0.4) is 0 Å². The number of methoxy groups -OCH3 is 1. The minimum atomic E-state index is 0.446. The number of likely N-dealkylation sites (tertiary alicyclic amines) is 1. The minimum Gasteiger partial charge on any atom is -0.493 e. The molecule has 0 unspecified atom stereocenters. The molecular formula is C30H43N7O2. The summed E-state index contributed by atoms with van der Waals surface area (Å²) in [5, 5.41) is 3.35. The van der Waals surface area contributed by atoms with Crippen LogP contribution in [0.15, 0.2) is 54.4 Å². The summed E-state index contributed by atoms with van der Waals surface area (Å²) in [6.45, 7) is 6.08. The summed E-state index contributed by atoms with van der Waals surface area (Å²) in [5.74, 6) is 2.99. The predicted octanol–water partition coefficient (Wildman–Crippen LogP) is 4.78. The monoisotopic (exact) mass is 533 g/mol. The molecule has 2 fully saturated rings. The van der Waals surface area contributed by atoms with E-state index < -0.39 is 0 Å². The summed E-state index contributed by atoms with van der Waals surface area (Å²) in [7, 11) is 1.67. The van der Waals surface area contributed by atoms with Crippen molar-refractivity contribution < 1.29 is 9.47 Å². The van der Waals surface area contributed by atoms with E-state index in [0.717, 1.165) is 74.7 Å². The molecule has 1 aromatic carbocycles. The molecule has 0 spiro atoms. The summed E-state index contributed by atoms with van der Waals surface area (Å²) < 4.78 is 11.6. The molecule has 2 aliphatic heterocycles. The molecule has 3 heterocycles. The number of rotatable bonds is 12. The summed E-state index contributed by atoms with van der Waals surface area (Å²) in [4.78, 5) is 14.1. The van der Waals surface area contributed by atoms with Crippen molar-refractivity contribution in [2.45, 2.75) is 57.4 Å². The average molecular weight is 534 g/mol. The third kappa shape index (κ3) is 8.10. The maximum atomic E-state index is 6.10. The van der Waals surface area contributed by atoms with Gasteiger partial charge in [0, 0.05) is 49.3 Å². The van der Waals surface area contributed by atoms with Gasteiger partial charge < -0.3 is 30.0 Å². The highest BCUT2D eigenvalue weighted by Crippen LogP contribution is 2.31. The second-order valence-electron chi connectivity index (χ2n) is 10.5. The standard InChI is InChI=1S/C30H43N7O2/c1-38-27-12-11-26(23-28(27)39-22-8-19-36-17-6-7-18-36)32-30-31-16-13-29(33-30)37-20-14-25(15-21-37)35-34-24-9-4-2-3-5-10-24/h2,4,9,11-13,16,23,25,34-35H,3,5-8,10,14-15,17-22H2,1H3,(H,31,32,33). The molecule has 9 nitrogen and oxygen atoms in total. The van der Waals surface area contributed by atoms with Crippen LogP contribution in [0.1, 0.15) is 51.4 Å². The zero-order valence-corrected chi connectivity index (χ0v) is 23.2. The molecule has 0 amide bonds. The van der Waals surface area contributed by atoms with Gasteiger partial charge in [0.1, 0.15) is 5.82 Å². The van der Waals surface area contributed by atoms with E-state index in [-0.39, 0.29) is 0 Å². The van der Waals surface area contributed by atoms with E-state index >= 15 is 0 Å². The van der Waals surface area contributed by atoms with Crippen molar-refractivity contribution in [1.82, 2.24) is 25.7 Å². The first-order chi connectivity index (χ1) is 19.3. The Balaban J connectivity index is 1.11. The fourth-order valence-corrected chi connectivity index (χ4v) is 5.38.